The summed E-state index contributed by atoms with van der Waals surface area (Å²) in [6, 6.07) is 5.66. The van der Waals surface area contributed by atoms with Crippen LogP contribution in [0.15, 0.2) is 30.5 Å². The van der Waals surface area contributed by atoms with E-state index in [2.05, 4.69) is 47.3 Å². The highest BCUT2D eigenvalue weighted by atomic mass is 16.3. The molecule has 0 spiro atoms. The molecule has 0 bridgehead atoms. The molecule has 0 atom stereocenters. The van der Waals surface area contributed by atoms with Crippen molar-refractivity contribution in [1.29, 1.82) is 0 Å². The normalized spacial score (nSPS) is 11.4. The smallest absolute Gasteiger partial charge is 0.144 e. The van der Waals surface area contributed by atoms with Crippen molar-refractivity contribution in [3.05, 3.63) is 36.1 Å². The fourth-order valence-electron chi connectivity index (χ4n) is 2.07. The van der Waals surface area contributed by atoms with Gasteiger partial charge in [-0.3, -0.25) is 4.48 Å². The number of allylic oxidation sites excluding steroid dienone is 1. The van der Waals surface area contributed by atoms with Gasteiger partial charge in [0.15, 0.2) is 0 Å². The summed E-state index contributed by atoms with van der Waals surface area (Å²) in [6.45, 7) is 8.09. The zero-order valence-corrected chi connectivity index (χ0v) is 12.1. The van der Waals surface area contributed by atoms with Crippen LogP contribution in [0.4, 0.5) is 5.69 Å². The van der Waals surface area contributed by atoms with E-state index in [0.717, 1.165) is 23.2 Å². The predicted octanol–water partition coefficient (Wildman–Crippen LogP) is 3.80. The third-order valence-electron chi connectivity index (χ3n) is 2.87. The fourth-order valence-corrected chi connectivity index (χ4v) is 2.07. The number of benzene rings is 1. The van der Waals surface area contributed by atoms with Gasteiger partial charge in [-0.25, -0.2) is 0 Å². The van der Waals surface area contributed by atoms with Gasteiger partial charge in [-0.15, -0.1) is 5.73 Å². The Morgan fingerprint density at radius 3 is 2.39 bits per heavy atom. The molecule has 0 radical (unpaired) electrons. The number of hydrogen-bond acceptors (Lipinski definition) is 1. The first kappa shape index (κ1) is 14.6. The number of aromatic hydroxyl groups is 1. The molecule has 0 aromatic heterocycles. The number of nitrogens with zero attached hydrogens (tertiary/aromatic N) is 1. The number of hydrogen-bond donors (Lipinski definition) is 1. The molecule has 1 aromatic carbocycles. The second-order valence-corrected chi connectivity index (χ2v) is 5.94. The molecule has 0 aliphatic carbocycles. The Balaban J connectivity index is 3.43. The summed E-state index contributed by atoms with van der Waals surface area (Å²) in [6.07, 6.45) is 0.869. The maximum absolute atomic E-state index is 10.2. The van der Waals surface area contributed by atoms with Crippen LogP contribution in [0.25, 0.3) is 5.57 Å². The van der Waals surface area contributed by atoms with Gasteiger partial charge in [-0.05, 0) is 18.4 Å². The van der Waals surface area contributed by atoms with Crippen molar-refractivity contribution in [1.82, 2.24) is 4.48 Å². The monoisotopic (exact) mass is 246 g/mol. The molecule has 0 aliphatic rings. The minimum atomic E-state index is 0.312. The van der Waals surface area contributed by atoms with Crippen LogP contribution in [-0.2, 0) is 0 Å². The van der Waals surface area contributed by atoms with E-state index in [-0.39, 0.29) is 0 Å². The van der Waals surface area contributed by atoms with Crippen molar-refractivity contribution >= 4 is 11.3 Å². The van der Waals surface area contributed by atoms with Crippen LogP contribution in [0.2, 0.25) is 0 Å². The van der Waals surface area contributed by atoms with E-state index in [1.54, 1.807) is 6.07 Å². The Morgan fingerprint density at radius 2 is 1.94 bits per heavy atom. The van der Waals surface area contributed by atoms with Gasteiger partial charge in [0, 0.05) is 11.6 Å². The largest absolute Gasteiger partial charge is 0.507 e. The van der Waals surface area contributed by atoms with Gasteiger partial charge in [0.25, 0.3) is 0 Å². The lowest BCUT2D eigenvalue weighted by atomic mass is 9.94. The highest BCUT2D eigenvalue weighted by molar-refractivity contribution is 5.79. The van der Waals surface area contributed by atoms with E-state index in [4.69, 9.17) is 0 Å². The van der Waals surface area contributed by atoms with Crippen LogP contribution in [0.3, 0.4) is 0 Å². The number of phenols is 1. The number of phenolic OH excluding ortho intramolecular Hbond substituents is 1. The standard InChI is InChI=1S/C16H23NO/c1-7-13(11-12(2)3)16-14(17(4,5)6)9-8-10-15(16)18/h8-10,12H,1,11H2,2-6H3/p+1. The summed E-state index contributed by atoms with van der Waals surface area (Å²) in [5.41, 5.74) is 5.96. The van der Waals surface area contributed by atoms with Gasteiger partial charge in [0.05, 0.1) is 26.7 Å². The van der Waals surface area contributed by atoms with E-state index in [1.165, 1.54) is 0 Å². The van der Waals surface area contributed by atoms with Crippen molar-refractivity contribution in [3.63, 3.8) is 0 Å². The summed E-state index contributed by atoms with van der Waals surface area (Å²) in [5.74, 6) is 0.821. The van der Waals surface area contributed by atoms with Crippen LogP contribution >= 0.6 is 0 Å². The first-order chi connectivity index (χ1) is 8.27. The van der Waals surface area contributed by atoms with Gasteiger partial charge in [-0.1, -0.05) is 26.5 Å². The molecule has 1 aromatic rings. The highest BCUT2D eigenvalue weighted by Gasteiger charge is 2.23. The minimum Gasteiger partial charge on any atom is -0.507 e. The van der Waals surface area contributed by atoms with Crippen LogP contribution in [0.1, 0.15) is 25.8 Å². The summed E-state index contributed by atoms with van der Waals surface area (Å²) in [4.78, 5) is 0. The molecule has 98 valence electrons. The quantitative estimate of drug-likeness (QED) is 0.633. The van der Waals surface area contributed by atoms with E-state index in [9.17, 15) is 5.11 Å². The SMILES string of the molecule is C=C=C(CC(C)C)c1c(O)cccc1[N+](C)(C)C. The van der Waals surface area contributed by atoms with Crippen LogP contribution in [0, 0.1) is 5.92 Å². The molecule has 0 fully saturated rings. The highest BCUT2D eigenvalue weighted by Crippen LogP contribution is 2.37. The number of rotatable bonds is 4. The van der Waals surface area contributed by atoms with E-state index >= 15 is 0 Å². The average Bonchev–Trinajstić information content (AvgIpc) is 2.24. The third kappa shape index (κ3) is 3.25. The Morgan fingerprint density at radius 1 is 1.33 bits per heavy atom. The zero-order valence-electron chi connectivity index (χ0n) is 12.1. The molecule has 18 heavy (non-hydrogen) atoms. The van der Waals surface area contributed by atoms with Crippen LogP contribution in [0.5, 0.6) is 5.75 Å². The molecular formula is C16H24NO+. The van der Waals surface area contributed by atoms with Gasteiger partial charge >= 0.3 is 0 Å². The lowest BCUT2D eigenvalue weighted by molar-refractivity contribution is 0.457. The van der Waals surface area contributed by atoms with Crippen molar-refractivity contribution in [2.24, 2.45) is 5.92 Å². The van der Waals surface area contributed by atoms with E-state index in [1.807, 2.05) is 12.1 Å². The Hall–Kier alpha value is -1.50. The maximum atomic E-state index is 10.2. The lowest BCUT2D eigenvalue weighted by Gasteiger charge is -2.27. The predicted molar refractivity (Wildman–Crippen MR) is 79.7 cm³/mol. The van der Waals surface area contributed by atoms with Crippen LogP contribution in [-0.4, -0.2) is 26.2 Å². The van der Waals surface area contributed by atoms with Gasteiger partial charge in [0.1, 0.15) is 11.4 Å². The second kappa shape index (κ2) is 5.43. The van der Waals surface area contributed by atoms with Crippen molar-refractivity contribution in [3.8, 4) is 5.75 Å². The summed E-state index contributed by atoms with van der Waals surface area (Å²) in [5, 5.41) is 10.2. The fraction of sp³-hybridized carbons (Fsp3) is 0.438. The molecule has 1 N–H and O–H groups in total. The molecule has 0 amide bonds. The third-order valence-corrected chi connectivity index (χ3v) is 2.87. The first-order valence-electron chi connectivity index (χ1n) is 6.30. The first-order valence-corrected chi connectivity index (χ1v) is 6.30. The Bertz CT molecular complexity index is 474. The molecule has 0 heterocycles. The van der Waals surface area contributed by atoms with Crippen molar-refractivity contribution in [2.75, 3.05) is 21.1 Å². The van der Waals surface area contributed by atoms with Gasteiger partial charge in [-0.2, -0.15) is 0 Å². The van der Waals surface area contributed by atoms with E-state index in [0.29, 0.717) is 16.2 Å². The Labute approximate surface area is 110 Å². The lowest BCUT2D eigenvalue weighted by Crippen LogP contribution is -2.35. The zero-order chi connectivity index (χ0) is 13.9. The molecule has 2 heteroatoms. The van der Waals surface area contributed by atoms with Crippen molar-refractivity contribution in [2.45, 2.75) is 20.3 Å². The van der Waals surface area contributed by atoms with Crippen LogP contribution < -0.4 is 4.48 Å². The molecular weight excluding hydrogens is 222 g/mol. The van der Waals surface area contributed by atoms with Gasteiger partial charge < -0.3 is 5.11 Å². The summed E-state index contributed by atoms with van der Waals surface area (Å²) >= 11 is 0. The maximum Gasteiger partial charge on any atom is 0.144 e. The molecule has 1 rings (SSSR count). The topological polar surface area (TPSA) is 20.2 Å². The molecule has 2 nitrogen and oxygen atoms in total. The van der Waals surface area contributed by atoms with E-state index < -0.39 is 0 Å². The molecule has 0 unspecified atom stereocenters. The Kier molecular flexibility index (Phi) is 4.39. The minimum absolute atomic E-state index is 0.312. The summed E-state index contributed by atoms with van der Waals surface area (Å²) < 4.78 is 0.660. The molecule has 0 saturated carbocycles. The average molecular weight is 246 g/mol. The molecule has 0 saturated heterocycles. The second-order valence-electron chi connectivity index (χ2n) is 5.94. The van der Waals surface area contributed by atoms with Crippen molar-refractivity contribution < 1.29 is 5.11 Å². The number of quaternary nitrogens is 1. The summed E-state index contributed by atoms with van der Waals surface area (Å²) in [7, 11) is 6.27. The molecule has 0 aliphatic heterocycles. The van der Waals surface area contributed by atoms with Gasteiger partial charge in [0.2, 0.25) is 0 Å².